The smallest absolute Gasteiger partial charge is 0.416 e. The number of alkyl halides is 3. The van der Waals surface area contributed by atoms with Crippen molar-refractivity contribution in [3.05, 3.63) is 59.7 Å². The van der Waals surface area contributed by atoms with Crippen molar-refractivity contribution in [3.8, 4) is 11.5 Å². The van der Waals surface area contributed by atoms with E-state index >= 15 is 0 Å². The summed E-state index contributed by atoms with van der Waals surface area (Å²) in [6.07, 6.45) is -2.14. The number of carbonyl (C=O) groups excluding carboxylic acids is 1. The number of ether oxygens (including phenoxy) is 1. The van der Waals surface area contributed by atoms with E-state index in [0.29, 0.717) is 5.75 Å². The number of phenols is 1. The Morgan fingerprint density at radius 3 is 2.00 bits per heavy atom. The van der Waals surface area contributed by atoms with E-state index in [1.165, 1.54) is 0 Å². The van der Waals surface area contributed by atoms with Crippen molar-refractivity contribution in [3.63, 3.8) is 0 Å². The van der Waals surface area contributed by atoms with Gasteiger partial charge in [0.25, 0.3) is 5.91 Å². The Hall–Kier alpha value is -2.74. The summed E-state index contributed by atoms with van der Waals surface area (Å²) in [5.74, 6) is 0.543. The number of nitrogens with zero attached hydrogens (tertiary/aromatic N) is 1. The van der Waals surface area contributed by atoms with Gasteiger partial charge < -0.3 is 19.8 Å². The van der Waals surface area contributed by atoms with Crippen LogP contribution in [0.1, 0.15) is 37.8 Å². The molecule has 0 bridgehead atoms. The van der Waals surface area contributed by atoms with Crippen LogP contribution in [0, 0.1) is 0 Å². The van der Waals surface area contributed by atoms with Crippen molar-refractivity contribution in [2.24, 2.45) is 0 Å². The van der Waals surface area contributed by atoms with Crippen LogP contribution in [0.3, 0.4) is 0 Å². The average molecular weight is 427 g/mol. The molecular weight excluding hydrogens is 399 g/mol. The summed E-state index contributed by atoms with van der Waals surface area (Å²) in [5, 5.41) is 17.5. The number of benzene rings is 2. The fourth-order valence-electron chi connectivity index (χ4n) is 2.54. The summed E-state index contributed by atoms with van der Waals surface area (Å²) >= 11 is 0. The third-order valence-electron chi connectivity index (χ3n) is 4.12. The van der Waals surface area contributed by atoms with Crippen molar-refractivity contribution in [2.75, 3.05) is 19.7 Å². The molecule has 5 nitrogen and oxygen atoms in total. The van der Waals surface area contributed by atoms with E-state index in [2.05, 4.69) is 0 Å². The van der Waals surface area contributed by atoms with Gasteiger partial charge in [0.15, 0.2) is 6.61 Å². The van der Waals surface area contributed by atoms with E-state index in [-0.39, 0.29) is 24.9 Å². The van der Waals surface area contributed by atoms with Gasteiger partial charge in [-0.3, -0.25) is 4.79 Å². The molecule has 0 aliphatic carbocycles. The van der Waals surface area contributed by atoms with Crippen molar-refractivity contribution >= 4 is 5.91 Å². The molecule has 30 heavy (non-hydrogen) atoms. The number of carbonyl (C=O) groups is 1. The second kappa shape index (κ2) is 12.7. The van der Waals surface area contributed by atoms with Crippen LogP contribution in [-0.4, -0.2) is 40.7 Å². The van der Waals surface area contributed by atoms with Crippen LogP contribution in [-0.2, 0) is 17.6 Å². The molecular formula is C22H28F3NO4. The van der Waals surface area contributed by atoms with Gasteiger partial charge in [0.2, 0.25) is 0 Å². The molecule has 1 saturated heterocycles. The molecule has 3 rings (SSSR count). The lowest BCUT2D eigenvalue weighted by molar-refractivity contribution is -0.137. The zero-order valence-electron chi connectivity index (χ0n) is 17.2. The highest BCUT2D eigenvalue weighted by Crippen LogP contribution is 2.29. The van der Waals surface area contributed by atoms with Crippen LogP contribution < -0.4 is 4.74 Å². The topological polar surface area (TPSA) is 70.0 Å². The van der Waals surface area contributed by atoms with Gasteiger partial charge >= 0.3 is 6.18 Å². The maximum absolute atomic E-state index is 11.8. The Bertz CT molecular complexity index is 740. The van der Waals surface area contributed by atoms with E-state index in [9.17, 15) is 18.0 Å². The monoisotopic (exact) mass is 427 g/mol. The van der Waals surface area contributed by atoms with E-state index in [1.54, 1.807) is 24.3 Å². The molecule has 0 unspecified atom stereocenters. The lowest BCUT2D eigenvalue weighted by atomic mass is 10.2. The molecule has 0 radical (unpaired) electrons. The van der Waals surface area contributed by atoms with Crippen LogP contribution in [0.5, 0.6) is 11.5 Å². The normalized spacial score (nSPS) is 12.9. The number of aliphatic hydroxyl groups excluding tert-OH is 1. The fraction of sp³-hybridized carbons (Fsp3) is 0.409. The quantitative estimate of drug-likeness (QED) is 0.747. The second-order valence-electron chi connectivity index (χ2n) is 6.22. The first-order valence-corrected chi connectivity index (χ1v) is 9.76. The molecule has 1 fully saturated rings. The lowest BCUT2D eigenvalue weighted by Gasteiger charge is -2.15. The third-order valence-corrected chi connectivity index (χ3v) is 4.12. The third kappa shape index (κ3) is 8.73. The van der Waals surface area contributed by atoms with Gasteiger partial charge in [-0.25, -0.2) is 0 Å². The Kier molecular flexibility index (Phi) is 10.7. The Morgan fingerprint density at radius 2 is 1.53 bits per heavy atom. The first-order valence-electron chi connectivity index (χ1n) is 9.76. The number of rotatable bonds is 4. The average Bonchev–Trinajstić information content (AvgIpc) is 3.29. The highest BCUT2D eigenvalue weighted by Gasteiger charge is 2.29. The second-order valence-corrected chi connectivity index (χ2v) is 6.22. The van der Waals surface area contributed by atoms with Crippen molar-refractivity contribution in [2.45, 2.75) is 39.5 Å². The van der Waals surface area contributed by atoms with Gasteiger partial charge in [0.1, 0.15) is 11.5 Å². The number of phenolic OH excluding ortho intramolecular Hbond substituents is 1. The minimum absolute atomic E-state index is 0.0208. The van der Waals surface area contributed by atoms with Crippen LogP contribution in [0.15, 0.2) is 48.5 Å². The van der Waals surface area contributed by atoms with Crippen molar-refractivity contribution in [1.29, 1.82) is 0 Å². The molecule has 0 aromatic heterocycles. The van der Waals surface area contributed by atoms with Gasteiger partial charge in [0, 0.05) is 13.1 Å². The minimum atomic E-state index is -4.33. The number of aromatic hydroxyl groups is 1. The van der Waals surface area contributed by atoms with E-state index in [0.717, 1.165) is 55.8 Å². The molecule has 8 heteroatoms. The summed E-state index contributed by atoms with van der Waals surface area (Å²) in [6.45, 7) is 5.82. The molecule has 0 atom stereocenters. The summed E-state index contributed by atoms with van der Waals surface area (Å²) in [4.78, 5) is 13.5. The minimum Gasteiger partial charge on any atom is -0.508 e. The SMILES string of the molecule is CC.O=C(COc1ccc(CO)cc1)N1CCCC1.Oc1ccc(C(F)(F)F)cc1. The molecule has 2 N–H and O–H groups in total. The molecule has 1 aliphatic heterocycles. The Balaban J connectivity index is 0.000000300. The van der Waals surface area contributed by atoms with E-state index in [1.807, 2.05) is 18.7 Å². The maximum atomic E-state index is 11.8. The molecule has 1 aliphatic rings. The number of aliphatic hydroxyl groups is 1. The zero-order chi connectivity index (χ0) is 22.6. The van der Waals surface area contributed by atoms with Gasteiger partial charge in [0.05, 0.1) is 12.2 Å². The highest BCUT2D eigenvalue weighted by atomic mass is 19.4. The Morgan fingerprint density at radius 1 is 1.00 bits per heavy atom. The molecule has 2 aromatic carbocycles. The van der Waals surface area contributed by atoms with Gasteiger partial charge in [-0.1, -0.05) is 26.0 Å². The summed E-state index contributed by atoms with van der Waals surface area (Å²) in [5.41, 5.74) is 0.0820. The van der Waals surface area contributed by atoms with Gasteiger partial charge in [-0.15, -0.1) is 0 Å². The predicted octanol–water partition coefficient (Wildman–Crippen LogP) is 4.62. The molecule has 1 amide bonds. The number of amides is 1. The zero-order valence-corrected chi connectivity index (χ0v) is 17.2. The maximum Gasteiger partial charge on any atom is 0.416 e. The highest BCUT2D eigenvalue weighted by molar-refractivity contribution is 5.78. The van der Waals surface area contributed by atoms with Crippen molar-refractivity contribution < 1.29 is 32.9 Å². The van der Waals surface area contributed by atoms with Crippen LogP contribution in [0.4, 0.5) is 13.2 Å². The number of hydrogen-bond acceptors (Lipinski definition) is 4. The first kappa shape index (κ1) is 25.3. The first-order chi connectivity index (χ1) is 14.3. The fourth-order valence-corrected chi connectivity index (χ4v) is 2.54. The standard InChI is InChI=1S/C13H17NO3.C7H5F3O.C2H6/c15-9-11-3-5-12(6-4-11)17-10-13(16)14-7-1-2-8-14;8-7(9,10)5-1-3-6(11)4-2-5;1-2/h3-6,15H,1-2,7-10H2;1-4,11H;1-2H3. The molecule has 2 aromatic rings. The largest absolute Gasteiger partial charge is 0.508 e. The molecule has 0 saturated carbocycles. The predicted molar refractivity (Wildman–Crippen MR) is 108 cm³/mol. The van der Waals surface area contributed by atoms with Crippen LogP contribution >= 0.6 is 0 Å². The summed E-state index contributed by atoms with van der Waals surface area (Å²) in [6, 6.07) is 10.8. The lowest BCUT2D eigenvalue weighted by Crippen LogP contribution is -2.32. The molecule has 1 heterocycles. The van der Waals surface area contributed by atoms with Gasteiger partial charge in [-0.2, -0.15) is 13.2 Å². The molecule has 0 spiro atoms. The van der Waals surface area contributed by atoms with Crippen LogP contribution in [0.2, 0.25) is 0 Å². The van der Waals surface area contributed by atoms with E-state index < -0.39 is 11.7 Å². The molecule has 166 valence electrons. The number of hydrogen-bond donors (Lipinski definition) is 2. The summed E-state index contributed by atoms with van der Waals surface area (Å²) in [7, 11) is 0. The van der Waals surface area contributed by atoms with Crippen molar-refractivity contribution in [1.82, 2.24) is 4.90 Å². The van der Waals surface area contributed by atoms with Gasteiger partial charge in [-0.05, 0) is 54.8 Å². The number of likely N-dealkylation sites (tertiary alicyclic amines) is 1. The Labute approximate surface area is 174 Å². The van der Waals surface area contributed by atoms with Crippen LogP contribution in [0.25, 0.3) is 0 Å². The summed E-state index contributed by atoms with van der Waals surface area (Å²) < 4.78 is 40.9. The number of halogens is 3. The van der Waals surface area contributed by atoms with E-state index in [4.69, 9.17) is 14.9 Å².